The zero-order valence-corrected chi connectivity index (χ0v) is 17.9. The monoisotopic (exact) mass is 395 g/mol. The van der Waals surface area contributed by atoms with Crippen LogP contribution in [-0.2, 0) is 11.3 Å². The van der Waals surface area contributed by atoms with Gasteiger partial charge < -0.3 is 14.0 Å². The molecule has 29 heavy (non-hydrogen) atoms. The summed E-state index contributed by atoms with van der Waals surface area (Å²) in [4.78, 5) is 12.3. The number of carbonyl (C=O) groups excluding carboxylic acids is 1. The van der Waals surface area contributed by atoms with Gasteiger partial charge in [-0.3, -0.25) is 4.48 Å². The van der Waals surface area contributed by atoms with Crippen LogP contribution >= 0.6 is 0 Å². The van der Waals surface area contributed by atoms with Crippen LogP contribution in [0.15, 0.2) is 54.7 Å². The van der Waals surface area contributed by atoms with Crippen LogP contribution in [0.2, 0.25) is 0 Å². The molecule has 3 rings (SSSR count). The molecule has 5 heteroatoms. The maximum atomic E-state index is 12.3. The summed E-state index contributed by atoms with van der Waals surface area (Å²) in [6.45, 7) is 1.41. The Hall–Kier alpha value is -2.79. The van der Waals surface area contributed by atoms with Crippen molar-refractivity contribution in [2.24, 2.45) is 0 Å². The van der Waals surface area contributed by atoms with Gasteiger partial charge in [0.2, 0.25) is 0 Å². The topological polar surface area (TPSA) is 40.5 Å². The molecular weight excluding hydrogens is 364 g/mol. The van der Waals surface area contributed by atoms with Crippen LogP contribution in [-0.4, -0.2) is 45.4 Å². The third-order valence-corrected chi connectivity index (χ3v) is 5.11. The number of methoxy groups -OCH3 is 1. The van der Waals surface area contributed by atoms with Gasteiger partial charge >= 0.3 is 5.97 Å². The average molecular weight is 396 g/mol. The molecule has 0 N–H and O–H groups in total. The number of unbranched alkanes of at least 4 members (excludes halogenated alkanes) is 2. The lowest BCUT2D eigenvalue weighted by atomic mass is 10.2. The smallest absolute Gasteiger partial charge is 0.338 e. The number of nitrogens with zero attached hydrogens (tertiary/aromatic N) is 2. The van der Waals surface area contributed by atoms with E-state index in [1.54, 1.807) is 7.11 Å². The van der Waals surface area contributed by atoms with Crippen LogP contribution in [0.1, 0.15) is 29.6 Å². The van der Waals surface area contributed by atoms with Gasteiger partial charge in [0, 0.05) is 29.7 Å². The van der Waals surface area contributed by atoms with E-state index < -0.39 is 0 Å². The van der Waals surface area contributed by atoms with Crippen molar-refractivity contribution in [3.63, 3.8) is 0 Å². The zero-order chi connectivity index (χ0) is 20.9. The summed E-state index contributed by atoms with van der Waals surface area (Å²) >= 11 is 0. The Morgan fingerprint density at radius 2 is 1.83 bits per heavy atom. The standard InChI is InChI=1S/C24H31N2O3/c1-26(2,3)21-10-8-9-20(17-21)24(27)29-16-7-5-6-14-25-15-13-19-18-22(28-4)11-12-23(19)25/h8-13,15,17-18H,5-7,14,16H2,1-4H3/q+1. The molecule has 0 atom stereocenters. The van der Waals surface area contributed by atoms with Crippen molar-refractivity contribution in [3.05, 3.63) is 60.3 Å². The summed E-state index contributed by atoms with van der Waals surface area (Å²) in [7, 11) is 7.92. The van der Waals surface area contributed by atoms with Crippen molar-refractivity contribution in [2.75, 3.05) is 34.9 Å². The van der Waals surface area contributed by atoms with Gasteiger partial charge in [0.25, 0.3) is 0 Å². The Kier molecular flexibility index (Phi) is 6.60. The summed E-state index contributed by atoms with van der Waals surface area (Å²) in [6.07, 6.45) is 5.05. The summed E-state index contributed by atoms with van der Waals surface area (Å²) in [5, 5.41) is 1.19. The Labute approximate surface area is 173 Å². The van der Waals surface area contributed by atoms with Crippen LogP contribution in [0.5, 0.6) is 5.75 Å². The maximum Gasteiger partial charge on any atom is 0.338 e. The molecule has 0 fully saturated rings. The molecule has 0 aliphatic heterocycles. The molecule has 3 aromatic rings. The number of quaternary nitrogens is 1. The molecule has 0 saturated carbocycles. The normalized spacial score (nSPS) is 11.6. The van der Waals surface area contributed by atoms with E-state index in [0.717, 1.165) is 37.2 Å². The van der Waals surface area contributed by atoms with Gasteiger partial charge in [-0.05, 0) is 55.7 Å². The molecule has 0 spiro atoms. The molecule has 0 radical (unpaired) electrons. The molecule has 0 unspecified atom stereocenters. The first kappa shape index (κ1) is 20.9. The van der Waals surface area contributed by atoms with Gasteiger partial charge in [0.1, 0.15) is 11.4 Å². The first-order chi connectivity index (χ1) is 13.9. The SMILES string of the molecule is COc1ccc2c(ccn2CCCCCOC(=O)c2cccc([N+](C)(C)C)c2)c1. The van der Waals surface area contributed by atoms with Crippen molar-refractivity contribution >= 4 is 22.6 Å². The van der Waals surface area contributed by atoms with E-state index in [4.69, 9.17) is 9.47 Å². The molecule has 2 aromatic carbocycles. The van der Waals surface area contributed by atoms with Crippen LogP contribution in [0.4, 0.5) is 5.69 Å². The molecular formula is C24H31N2O3+. The molecule has 5 nitrogen and oxygen atoms in total. The van der Waals surface area contributed by atoms with Crippen LogP contribution in [0.25, 0.3) is 10.9 Å². The number of fused-ring (bicyclic) bond motifs is 1. The second kappa shape index (κ2) is 9.14. The zero-order valence-electron chi connectivity index (χ0n) is 17.9. The highest BCUT2D eigenvalue weighted by atomic mass is 16.5. The fourth-order valence-electron chi connectivity index (χ4n) is 3.36. The second-order valence-electron chi connectivity index (χ2n) is 8.19. The van der Waals surface area contributed by atoms with Gasteiger partial charge in [-0.2, -0.15) is 0 Å². The van der Waals surface area contributed by atoms with E-state index in [9.17, 15) is 4.79 Å². The molecule has 0 saturated heterocycles. The summed E-state index contributed by atoms with van der Waals surface area (Å²) in [5.41, 5.74) is 2.91. The van der Waals surface area contributed by atoms with Crippen LogP contribution in [0.3, 0.4) is 0 Å². The summed E-state index contributed by atoms with van der Waals surface area (Å²) in [5.74, 6) is 0.634. The highest BCUT2D eigenvalue weighted by Gasteiger charge is 2.15. The van der Waals surface area contributed by atoms with E-state index in [0.29, 0.717) is 16.7 Å². The van der Waals surface area contributed by atoms with Crippen LogP contribution < -0.4 is 9.22 Å². The molecule has 0 aliphatic carbocycles. The van der Waals surface area contributed by atoms with Crippen molar-refractivity contribution in [1.29, 1.82) is 0 Å². The van der Waals surface area contributed by atoms with Crippen LogP contribution in [0, 0.1) is 0 Å². The van der Waals surface area contributed by atoms with Crippen molar-refractivity contribution < 1.29 is 14.3 Å². The average Bonchev–Trinajstić information content (AvgIpc) is 3.12. The quantitative estimate of drug-likeness (QED) is 0.295. The van der Waals surface area contributed by atoms with E-state index in [1.807, 2.05) is 30.3 Å². The number of benzene rings is 2. The minimum atomic E-state index is -0.245. The number of esters is 1. The van der Waals surface area contributed by atoms with Gasteiger partial charge in [0.15, 0.2) is 0 Å². The first-order valence-corrected chi connectivity index (χ1v) is 10.1. The Morgan fingerprint density at radius 3 is 2.59 bits per heavy atom. The van der Waals surface area contributed by atoms with Gasteiger partial charge in [-0.1, -0.05) is 6.07 Å². The number of carbonyl (C=O) groups is 1. The van der Waals surface area contributed by atoms with Gasteiger partial charge in [-0.15, -0.1) is 0 Å². The Morgan fingerprint density at radius 1 is 1.00 bits per heavy atom. The lowest BCUT2D eigenvalue weighted by Gasteiger charge is -2.23. The van der Waals surface area contributed by atoms with E-state index in [-0.39, 0.29) is 5.97 Å². The largest absolute Gasteiger partial charge is 0.497 e. The summed E-state index contributed by atoms with van der Waals surface area (Å²) < 4.78 is 13.7. The number of ether oxygens (including phenoxy) is 2. The molecule has 154 valence electrons. The minimum absolute atomic E-state index is 0.245. The molecule has 1 aromatic heterocycles. The lowest BCUT2D eigenvalue weighted by Crippen LogP contribution is -2.34. The Balaban J connectivity index is 1.42. The highest BCUT2D eigenvalue weighted by molar-refractivity contribution is 5.90. The molecule has 0 amide bonds. The van der Waals surface area contributed by atoms with E-state index >= 15 is 0 Å². The number of rotatable bonds is 9. The molecule has 0 bridgehead atoms. The fraction of sp³-hybridized carbons (Fsp3) is 0.375. The third kappa shape index (κ3) is 5.39. The van der Waals surface area contributed by atoms with Gasteiger partial charge in [0.05, 0.1) is 40.4 Å². The highest BCUT2D eigenvalue weighted by Crippen LogP contribution is 2.22. The summed E-state index contributed by atoms with van der Waals surface area (Å²) in [6, 6.07) is 15.9. The van der Waals surface area contributed by atoms with E-state index in [2.05, 4.69) is 50.1 Å². The van der Waals surface area contributed by atoms with Crippen molar-refractivity contribution in [3.8, 4) is 5.75 Å². The maximum absolute atomic E-state index is 12.3. The lowest BCUT2D eigenvalue weighted by molar-refractivity contribution is 0.0497. The number of hydrogen-bond acceptors (Lipinski definition) is 3. The number of aryl methyl sites for hydroxylation is 1. The number of hydrogen-bond donors (Lipinski definition) is 0. The molecule has 0 aliphatic rings. The minimum Gasteiger partial charge on any atom is -0.497 e. The Bertz CT molecular complexity index is 970. The van der Waals surface area contributed by atoms with Crippen molar-refractivity contribution in [1.82, 2.24) is 9.05 Å². The predicted molar refractivity (Wildman–Crippen MR) is 119 cm³/mol. The second-order valence-corrected chi connectivity index (χ2v) is 8.19. The molecule has 1 heterocycles. The van der Waals surface area contributed by atoms with Crippen molar-refractivity contribution in [2.45, 2.75) is 25.8 Å². The van der Waals surface area contributed by atoms with Gasteiger partial charge in [-0.25, -0.2) is 4.79 Å². The predicted octanol–water partition coefficient (Wildman–Crippen LogP) is 4.87. The number of aromatic nitrogens is 1. The first-order valence-electron chi connectivity index (χ1n) is 10.1. The third-order valence-electron chi connectivity index (χ3n) is 5.11. The fourth-order valence-corrected chi connectivity index (χ4v) is 3.36. The van der Waals surface area contributed by atoms with E-state index in [1.165, 1.54) is 10.9 Å².